The SMILES string of the molecule is Cc1cccc(-c2nc(C)nn2CC(O)c2cccc([N+](=O)[O-])c2)c1. The van der Waals surface area contributed by atoms with E-state index >= 15 is 0 Å². The molecule has 0 aliphatic carbocycles. The first-order valence-corrected chi connectivity index (χ1v) is 7.85. The number of rotatable bonds is 5. The molecule has 0 fully saturated rings. The van der Waals surface area contributed by atoms with Crippen molar-refractivity contribution in [3.63, 3.8) is 0 Å². The maximum atomic E-state index is 10.9. The highest BCUT2D eigenvalue weighted by atomic mass is 16.6. The summed E-state index contributed by atoms with van der Waals surface area (Å²) >= 11 is 0. The summed E-state index contributed by atoms with van der Waals surface area (Å²) in [5.41, 5.74) is 2.43. The van der Waals surface area contributed by atoms with E-state index in [0.717, 1.165) is 11.1 Å². The van der Waals surface area contributed by atoms with Crippen molar-refractivity contribution in [3.8, 4) is 11.4 Å². The number of aliphatic hydroxyl groups is 1. The maximum Gasteiger partial charge on any atom is 0.269 e. The molecule has 1 heterocycles. The minimum absolute atomic E-state index is 0.0507. The standard InChI is InChI=1S/C18H18N4O3/c1-12-5-3-7-15(9-12)18-19-13(2)20-21(18)11-17(23)14-6-4-8-16(10-14)22(24)25/h3-10,17,23H,11H2,1-2H3. The second-order valence-electron chi connectivity index (χ2n) is 5.90. The smallest absolute Gasteiger partial charge is 0.269 e. The van der Waals surface area contributed by atoms with E-state index in [1.807, 2.05) is 31.2 Å². The molecule has 1 atom stereocenters. The highest BCUT2D eigenvalue weighted by molar-refractivity contribution is 5.56. The van der Waals surface area contributed by atoms with Gasteiger partial charge in [0.1, 0.15) is 5.82 Å². The lowest BCUT2D eigenvalue weighted by Crippen LogP contribution is -2.11. The molecule has 0 bridgehead atoms. The molecule has 1 unspecified atom stereocenters. The fourth-order valence-corrected chi connectivity index (χ4v) is 2.70. The lowest BCUT2D eigenvalue weighted by Gasteiger charge is -2.13. The summed E-state index contributed by atoms with van der Waals surface area (Å²) in [6.07, 6.45) is -0.926. The van der Waals surface area contributed by atoms with Gasteiger partial charge in [-0.05, 0) is 25.5 Å². The molecule has 0 aliphatic heterocycles. The zero-order valence-corrected chi connectivity index (χ0v) is 14.0. The fraction of sp³-hybridized carbons (Fsp3) is 0.222. The van der Waals surface area contributed by atoms with Gasteiger partial charge in [0.15, 0.2) is 5.82 Å². The van der Waals surface area contributed by atoms with E-state index in [-0.39, 0.29) is 12.2 Å². The first-order chi connectivity index (χ1) is 11.9. The normalized spacial score (nSPS) is 12.1. The van der Waals surface area contributed by atoms with Gasteiger partial charge in [-0.1, -0.05) is 35.9 Å². The molecule has 3 aromatic rings. The maximum absolute atomic E-state index is 10.9. The molecule has 25 heavy (non-hydrogen) atoms. The lowest BCUT2D eigenvalue weighted by atomic mass is 10.1. The summed E-state index contributed by atoms with van der Waals surface area (Å²) in [6.45, 7) is 3.94. The van der Waals surface area contributed by atoms with Crippen LogP contribution in [0.25, 0.3) is 11.4 Å². The number of nitro benzene ring substituents is 1. The van der Waals surface area contributed by atoms with Crippen LogP contribution in [0, 0.1) is 24.0 Å². The Bertz CT molecular complexity index is 920. The summed E-state index contributed by atoms with van der Waals surface area (Å²) in [5, 5.41) is 25.8. The van der Waals surface area contributed by atoms with Gasteiger partial charge in [-0.15, -0.1) is 0 Å². The molecular weight excluding hydrogens is 320 g/mol. The van der Waals surface area contributed by atoms with Crippen molar-refractivity contribution in [1.82, 2.24) is 14.8 Å². The Balaban J connectivity index is 1.91. The van der Waals surface area contributed by atoms with Crippen LogP contribution in [0.2, 0.25) is 0 Å². The molecule has 0 spiro atoms. The van der Waals surface area contributed by atoms with Gasteiger partial charge in [-0.3, -0.25) is 10.1 Å². The number of hydrogen-bond donors (Lipinski definition) is 1. The molecule has 2 aromatic carbocycles. The van der Waals surface area contributed by atoms with Crippen LogP contribution in [-0.2, 0) is 6.54 Å². The summed E-state index contributed by atoms with van der Waals surface area (Å²) < 4.78 is 1.63. The van der Waals surface area contributed by atoms with Gasteiger partial charge in [-0.2, -0.15) is 5.10 Å². The number of aliphatic hydroxyl groups excluding tert-OH is 1. The minimum atomic E-state index is -0.926. The molecule has 0 saturated heterocycles. The third-order valence-electron chi connectivity index (χ3n) is 3.87. The average molecular weight is 338 g/mol. The fourth-order valence-electron chi connectivity index (χ4n) is 2.70. The second kappa shape index (κ2) is 6.82. The van der Waals surface area contributed by atoms with Crippen LogP contribution in [0.15, 0.2) is 48.5 Å². The number of aryl methyl sites for hydroxylation is 2. The molecule has 1 N–H and O–H groups in total. The van der Waals surface area contributed by atoms with Crippen LogP contribution in [0.1, 0.15) is 23.1 Å². The van der Waals surface area contributed by atoms with Crippen molar-refractivity contribution in [2.45, 2.75) is 26.5 Å². The predicted molar refractivity (Wildman–Crippen MR) is 93.0 cm³/mol. The number of non-ortho nitro benzene ring substituents is 1. The zero-order valence-electron chi connectivity index (χ0n) is 14.0. The summed E-state index contributed by atoms with van der Waals surface area (Å²) in [6, 6.07) is 13.9. The third kappa shape index (κ3) is 3.72. The Morgan fingerprint density at radius 3 is 2.68 bits per heavy atom. The van der Waals surface area contributed by atoms with E-state index in [1.165, 1.54) is 12.1 Å². The Hall–Kier alpha value is -3.06. The predicted octanol–water partition coefficient (Wildman–Crippen LogP) is 3.20. The van der Waals surface area contributed by atoms with Gasteiger partial charge in [0.05, 0.1) is 17.6 Å². The first-order valence-electron chi connectivity index (χ1n) is 7.85. The van der Waals surface area contributed by atoms with Gasteiger partial charge in [0, 0.05) is 17.7 Å². The topological polar surface area (TPSA) is 94.1 Å². The molecule has 0 radical (unpaired) electrons. The van der Waals surface area contributed by atoms with Gasteiger partial charge in [0.25, 0.3) is 5.69 Å². The van der Waals surface area contributed by atoms with E-state index in [1.54, 1.807) is 23.7 Å². The number of aromatic nitrogens is 3. The van der Waals surface area contributed by atoms with Crippen LogP contribution < -0.4 is 0 Å². The van der Waals surface area contributed by atoms with Gasteiger partial charge in [0.2, 0.25) is 0 Å². The van der Waals surface area contributed by atoms with Gasteiger partial charge < -0.3 is 5.11 Å². The van der Waals surface area contributed by atoms with Crippen molar-refractivity contribution < 1.29 is 10.0 Å². The molecule has 0 aliphatic rings. The average Bonchev–Trinajstić information content (AvgIpc) is 2.95. The monoisotopic (exact) mass is 338 g/mol. The summed E-state index contributed by atoms with van der Waals surface area (Å²) in [5.74, 6) is 1.26. The van der Waals surface area contributed by atoms with Crippen LogP contribution in [-0.4, -0.2) is 24.8 Å². The molecular formula is C18H18N4O3. The van der Waals surface area contributed by atoms with Crippen molar-refractivity contribution in [2.75, 3.05) is 0 Å². The molecule has 7 heteroatoms. The zero-order chi connectivity index (χ0) is 18.0. The van der Waals surface area contributed by atoms with Crippen LogP contribution >= 0.6 is 0 Å². The summed E-state index contributed by atoms with van der Waals surface area (Å²) in [4.78, 5) is 14.9. The molecule has 0 amide bonds. The van der Waals surface area contributed by atoms with Crippen molar-refractivity contribution >= 4 is 5.69 Å². The van der Waals surface area contributed by atoms with Crippen LogP contribution in [0.5, 0.6) is 0 Å². The number of hydrogen-bond acceptors (Lipinski definition) is 5. The summed E-state index contributed by atoms with van der Waals surface area (Å²) in [7, 11) is 0. The largest absolute Gasteiger partial charge is 0.386 e. The van der Waals surface area contributed by atoms with Crippen LogP contribution in [0.3, 0.4) is 0 Å². The third-order valence-corrected chi connectivity index (χ3v) is 3.87. The quantitative estimate of drug-likeness (QED) is 0.569. The molecule has 1 aromatic heterocycles. The highest BCUT2D eigenvalue weighted by Gasteiger charge is 2.17. The van der Waals surface area contributed by atoms with E-state index in [4.69, 9.17) is 0 Å². The minimum Gasteiger partial charge on any atom is -0.386 e. The Kier molecular flexibility index (Phi) is 4.58. The van der Waals surface area contributed by atoms with E-state index in [9.17, 15) is 15.2 Å². The molecule has 128 valence electrons. The molecule has 0 saturated carbocycles. The van der Waals surface area contributed by atoms with E-state index < -0.39 is 11.0 Å². The van der Waals surface area contributed by atoms with E-state index in [0.29, 0.717) is 17.2 Å². The Labute approximate surface area is 144 Å². The second-order valence-corrected chi connectivity index (χ2v) is 5.90. The van der Waals surface area contributed by atoms with Crippen molar-refractivity contribution in [2.24, 2.45) is 0 Å². The number of nitrogens with zero attached hydrogens (tertiary/aromatic N) is 4. The Morgan fingerprint density at radius 1 is 1.20 bits per heavy atom. The van der Waals surface area contributed by atoms with Crippen LogP contribution in [0.4, 0.5) is 5.69 Å². The molecule has 3 rings (SSSR count). The van der Waals surface area contributed by atoms with Gasteiger partial charge in [-0.25, -0.2) is 9.67 Å². The Morgan fingerprint density at radius 2 is 1.96 bits per heavy atom. The van der Waals surface area contributed by atoms with Gasteiger partial charge >= 0.3 is 0 Å². The first kappa shape index (κ1) is 16.8. The lowest BCUT2D eigenvalue weighted by molar-refractivity contribution is -0.385. The van der Waals surface area contributed by atoms with Crippen molar-refractivity contribution in [1.29, 1.82) is 0 Å². The highest BCUT2D eigenvalue weighted by Crippen LogP contribution is 2.24. The molecule has 7 nitrogen and oxygen atoms in total. The van der Waals surface area contributed by atoms with Crippen molar-refractivity contribution in [3.05, 3.63) is 75.6 Å². The van der Waals surface area contributed by atoms with E-state index in [2.05, 4.69) is 10.1 Å². The number of benzene rings is 2. The number of nitro groups is 1.